The summed E-state index contributed by atoms with van der Waals surface area (Å²) in [6.07, 6.45) is 2.92. The molecule has 0 aromatic heterocycles. The molecule has 1 heterocycles. The predicted octanol–water partition coefficient (Wildman–Crippen LogP) is 4.96. The Balaban J connectivity index is 1.88. The first-order chi connectivity index (χ1) is 11.1. The molecule has 1 saturated heterocycles. The first-order valence-corrected chi connectivity index (χ1v) is 8.74. The number of thiocarbonyl (C=S) groups is 1. The maximum atomic E-state index is 12.7. The van der Waals surface area contributed by atoms with E-state index < -0.39 is 0 Å². The molecule has 3 rings (SSSR count). The summed E-state index contributed by atoms with van der Waals surface area (Å²) in [5.74, 6) is -0.0524. The fourth-order valence-electron chi connectivity index (χ4n) is 2.39. The zero-order chi connectivity index (χ0) is 16.4. The molecule has 0 unspecified atom stereocenters. The van der Waals surface area contributed by atoms with E-state index in [1.54, 1.807) is 4.90 Å². The minimum atomic E-state index is -0.0524. The Morgan fingerprint density at radius 1 is 1.09 bits per heavy atom. The molecule has 0 N–H and O–H groups in total. The molecule has 0 atom stereocenters. The van der Waals surface area contributed by atoms with Crippen molar-refractivity contribution in [3.63, 3.8) is 0 Å². The molecule has 1 amide bonds. The van der Waals surface area contributed by atoms with Gasteiger partial charge in [0, 0.05) is 0 Å². The van der Waals surface area contributed by atoms with Crippen molar-refractivity contribution in [2.45, 2.75) is 20.3 Å². The molecule has 2 aromatic carbocycles. The van der Waals surface area contributed by atoms with Crippen LogP contribution in [0.25, 0.3) is 6.08 Å². The normalized spacial score (nSPS) is 16.4. The van der Waals surface area contributed by atoms with Crippen LogP contribution in [0, 0.1) is 6.92 Å². The zero-order valence-electron chi connectivity index (χ0n) is 13.1. The van der Waals surface area contributed by atoms with E-state index in [-0.39, 0.29) is 5.91 Å². The quantitative estimate of drug-likeness (QED) is 0.582. The van der Waals surface area contributed by atoms with E-state index in [2.05, 4.69) is 19.1 Å². The van der Waals surface area contributed by atoms with E-state index in [1.165, 1.54) is 17.3 Å². The van der Waals surface area contributed by atoms with Gasteiger partial charge in [-0.1, -0.05) is 72.9 Å². The van der Waals surface area contributed by atoms with Crippen LogP contribution in [0.2, 0.25) is 0 Å². The standard InChI is InChI=1S/C19H17NOS2/c1-3-14-6-8-15(9-7-14)12-17-18(21)20(19(22)23-17)16-10-4-13(2)5-11-16/h4-12H,3H2,1-2H3/b17-12-. The number of hydrogen-bond acceptors (Lipinski definition) is 3. The van der Waals surface area contributed by atoms with Crippen molar-refractivity contribution in [3.8, 4) is 0 Å². The van der Waals surface area contributed by atoms with Gasteiger partial charge in [-0.05, 0) is 42.7 Å². The smallest absolute Gasteiger partial charge is 0.268 e. The Kier molecular flexibility index (Phi) is 4.64. The zero-order valence-corrected chi connectivity index (χ0v) is 14.7. The number of carbonyl (C=O) groups is 1. The van der Waals surface area contributed by atoms with Crippen LogP contribution in [-0.4, -0.2) is 10.2 Å². The molecule has 4 heteroatoms. The molecule has 23 heavy (non-hydrogen) atoms. The topological polar surface area (TPSA) is 20.3 Å². The SMILES string of the molecule is CCc1ccc(/C=C2\SC(=S)N(c3ccc(C)cc3)C2=O)cc1. The van der Waals surface area contributed by atoms with Crippen LogP contribution in [0.4, 0.5) is 5.69 Å². The number of nitrogens with zero attached hydrogens (tertiary/aromatic N) is 1. The lowest BCUT2D eigenvalue weighted by Gasteiger charge is -2.14. The van der Waals surface area contributed by atoms with E-state index in [9.17, 15) is 4.79 Å². The van der Waals surface area contributed by atoms with Crippen LogP contribution >= 0.6 is 24.0 Å². The van der Waals surface area contributed by atoms with Crippen molar-refractivity contribution in [1.82, 2.24) is 0 Å². The van der Waals surface area contributed by atoms with Crippen molar-refractivity contribution in [2.24, 2.45) is 0 Å². The van der Waals surface area contributed by atoms with Crippen molar-refractivity contribution in [2.75, 3.05) is 4.90 Å². The Hall–Kier alpha value is -1.91. The van der Waals surface area contributed by atoms with Crippen LogP contribution < -0.4 is 4.90 Å². The molecule has 2 aromatic rings. The number of rotatable bonds is 3. The Morgan fingerprint density at radius 2 is 1.74 bits per heavy atom. The Morgan fingerprint density at radius 3 is 2.35 bits per heavy atom. The third-order valence-corrected chi connectivity index (χ3v) is 5.07. The van der Waals surface area contributed by atoms with Gasteiger partial charge in [-0.15, -0.1) is 0 Å². The average Bonchev–Trinajstić information content (AvgIpc) is 2.83. The van der Waals surface area contributed by atoms with Gasteiger partial charge in [-0.25, -0.2) is 0 Å². The highest BCUT2D eigenvalue weighted by molar-refractivity contribution is 8.27. The highest BCUT2D eigenvalue weighted by atomic mass is 32.2. The minimum Gasteiger partial charge on any atom is -0.268 e. The molecule has 116 valence electrons. The summed E-state index contributed by atoms with van der Waals surface area (Å²) in [7, 11) is 0. The van der Waals surface area contributed by atoms with Crippen molar-refractivity contribution >= 4 is 46.0 Å². The van der Waals surface area contributed by atoms with E-state index in [4.69, 9.17) is 12.2 Å². The monoisotopic (exact) mass is 339 g/mol. The first kappa shape index (κ1) is 16.0. The second-order valence-corrected chi connectivity index (χ2v) is 7.12. The molecule has 1 aliphatic heterocycles. The minimum absolute atomic E-state index is 0.0524. The maximum Gasteiger partial charge on any atom is 0.270 e. The summed E-state index contributed by atoms with van der Waals surface area (Å²) >= 11 is 6.75. The van der Waals surface area contributed by atoms with Gasteiger partial charge in [0.1, 0.15) is 0 Å². The molecule has 1 aliphatic rings. The number of anilines is 1. The Bertz CT molecular complexity index is 776. The van der Waals surface area contributed by atoms with Crippen LogP contribution in [0.3, 0.4) is 0 Å². The lowest BCUT2D eigenvalue weighted by atomic mass is 10.1. The second kappa shape index (κ2) is 6.69. The molecule has 0 bridgehead atoms. The van der Waals surface area contributed by atoms with Gasteiger partial charge >= 0.3 is 0 Å². The molecular weight excluding hydrogens is 322 g/mol. The summed E-state index contributed by atoms with van der Waals surface area (Å²) < 4.78 is 0.579. The van der Waals surface area contributed by atoms with E-state index in [0.717, 1.165) is 23.2 Å². The van der Waals surface area contributed by atoms with Crippen molar-refractivity contribution in [3.05, 3.63) is 70.1 Å². The van der Waals surface area contributed by atoms with Crippen LogP contribution in [0.5, 0.6) is 0 Å². The van der Waals surface area contributed by atoms with Gasteiger partial charge in [0.25, 0.3) is 5.91 Å². The van der Waals surface area contributed by atoms with E-state index in [1.807, 2.05) is 49.4 Å². The van der Waals surface area contributed by atoms with Gasteiger partial charge < -0.3 is 0 Å². The summed E-state index contributed by atoms with van der Waals surface area (Å²) in [4.78, 5) is 14.9. The largest absolute Gasteiger partial charge is 0.270 e. The number of aryl methyl sites for hydroxylation is 2. The lowest BCUT2D eigenvalue weighted by Crippen LogP contribution is -2.27. The highest BCUT2D eigenvalue weighted by Crippen LogP contribution is 2.36. The predicted molar refractivity (Wildman–Crippen MR) is 103 cm³/mol. The number of thioether (sulfide) groups is 1. The van der Waals surface area contributed by atoms with E-state index in [0.29, 0.717) is 9.23 Å². The van der Waals surface area contributed by atoms with Gasteiger partial charge in [0.05, 0.1) is 10.6 Å². The van der Waals surface area contributed by atoms with Crippen molar-refractivity contribution < 1.29 is 4.79 Å². The van der Waals surface area contributed by atoms with Gasteiger partial charge in [0.15, 0.2) is 4.32 Å². The number of benzene rings is 2. The van der Waals surface area contributed by atoms with Crippen LogP contribution in [0.1, 0.15) is 23.6 Å². The summed E-state index contributed by atoms with van der Waals surface area (Å²) in [6, 6.07) is 16.1. The molecule has 0 spiro atoms. The third-order valence-electron chi connectivity index (χ3n) is 3.77. The summed E-state index contributed by atoms with van der Waals surface area (Å²) in [5.41, 5.74) is 4.29. The fraction of sp³-hybridized carbons (Fsp3) is 0.158. The molecule has 0 aliphatic carbocycles. The number of amides is 1. The summed E-state index contributed by atoms with van der Waals surface area (Å²) in [5, 5.41) is 0. The van der Waals surface area contributed by atoms with Crippen LogP contribution in [0.15, 0.2) is 53.4 Å². The second-order valence-electron chi connectivity index (χ2n) is 5.45. The number of hydrogen-bond donors (Lipinski definition) is 0. The van der Waals surface area contributed by atoms with Crippen LogP contribution in [-0.2, 0) is 11.2 Å². The molecule has 2 nitrogen and oxygen atoms in total. The summed E-state index contributed by atoms with van der Waals surface area (Å²) in [6.45, 7) is 4.15. The number of carbonyl (C=O) groups excluding carboxylic acids is 1. The average molecular weight is 339 g/mol. The van der Waals surface area contributed by atoms with Gasteiger partial charge in [0.2, 0.25) is 0 Å². The van der Waals surface area contributed by atoms with Gasteiger partial charge in [-0.2, -0.15) is 0 Å². The molecule has 1 fully saturated rings. The maximum absolute atomic E-state index is 12.7. The molecule has 0 radical (unpaired) electrons. The fourth-order valence-corrected chi connectivity index (χ4v) is 3.68. The third kappa shape index (κ3) is 3.38. The Labute approximate surface area is 146 Å². The van der Waals surface area contributed by atoms with E-state index >= 15 is 0 Å². The molecule has 0 saturated carbocycles. The van der Waals surface area contributed by atoms with Gasteiger partial charge in [-0.3, -0.25) is 9.69 Å². The van der Waals surface area contributed by atoms with Crippen molar-refractivity contribution in [1.29, 1.82) is 0 Å². The molecular formula is C19H17NOS2. The lowest BCUT2D eigenvalue weighted by molar-refractivity contribution is -0.113. The first-order valence-electron chi connectivity index (χ1n) is 7.52. The highest BCUT2D eigenvalue weighted by Gasteiger charge is 2.33.